The van der Waals surface area contributed by atoms with Crippen molar-refractivity contribution in [2.75, 3.05) is 11.1 Å². The molecule has 0 bridgehead atoms. The monoisotopic (exact) mass is 439 g/mol. The number of hydrogen-bond donors (Lipinski definition) is 2. The number of benzene rings is 1. The van der Waals surface area contributed by atoms with Crippen LogP contribution in [0, 0.1) is 11.3 Å². The summed E-state index contributed by atoms with van der Waals surface area (Å²) in [6.45, 7) is 2.57. The molecule has 1 aliphatic rings. The maximum atomic E-state index is 12.6. The van der Waals surface area contributed by atoms with Crippen LogP contribution in [0.5, 0.6) is 5.75 Å². The summed E-state index contributed by atoms with van der Waals surface area (Å²) in [6.07, 6.45) is 4.11. The van der Waals surface area contributed by atoms with Gasteiger partial charge in [0.2, 0.25) is 5.91 Å². The molecule has 1 aliphatic carbocycles. The SMILES string of the molecule is CCn1c(SCC(=O)Nc2sc3c(c2C#N)CCCC3)nnc1-c1ccccc1O. The van der Waals surface area contributed by atoms with Crippen LogP contribution >= 0.6 is 23.1 Å². The van der Waals surface area contributed by atoms with Crippen LogP contribution in [-0.4, -0.2) is 31.5 Å². The predicted octanol–water partition coefficient (Wildman–Crippen LogP) is 4.21. The lowest BCUT2D eigenvalue weighted by Crippen LogP contribution is -2.14. The van der Waals surface area contributed by atoms with Crippen molar-refractivity contribution in [3.05, 3.63) is 40.3 Å². The Labute approximate surface area is 182 Å². The zero-order chi connectivity index (χ0) is 21.1. The predicted molar refractivity (Wildman–Crippen MR) is 118 cm³/mol. The minimum atomic E-state index is -0.176. The first kappa shape index (κ1) is 20.4. The van der Waals surface area contributed by atoms with Gasteiger partial charge >= 0.3 is 0 Å². The van der Waals surface area contributed by atoms with Crippen molar-refractivity contribution in [1.82, 2.24) is 14.8 Å². The Morgan fingerprint density at radius 3 is 2.90 bits per heavy atom. The number of thiophene rings is 1. The second-order valence-electron chi connectivity index (χ2n) is 6.93. The fourth-order valence-corrected chi connectivity index (χ4v) is 5.67. The third-order valence-electron chi connectivity index (χ3n) is 5.05. The maximum absolute atomic E-state index is 12.6. The molecule has 0 unspecified atom stereocenters. The molecule has 7 nitrogen and oxygen atoms in total. The van der Waals surface area contributed by atoms with Crippen LogP contribution in [0.15, 0.2) is 29.4 Å². The van der Waals surface area contributed by atoms with E-state index in [0.717, 1.165) is 31.2 Å². The third kappa shape index (κ3) is 3.93. The average Bonchev–Trinajstić information content (AvgIpc) is 3.32. The normalized spacial score (nSPS) is 12.9. The first-order valence-electron chi connectivity index (χ1n) is 9.81. The summed E-state index contributed by atoms with van der Waals surface area (Å²) in [5.74, 6) is 0.687. The number of aromatic nitrogens is 3. The zero-order valence-corrected chi connectivity index (χ0v) is 18.1. The van der Waals surface area contributed by atoms with E-state index in [1.807, 2.05) is 17.6 Å². The Morgan fingerprint density at radius 2 is 2.13 bits per heavy atom. The molecule has 30 heavy (non-hydrogen) atoms. The molecule has 0 saturated carbocycles. The number of nitrogens with zero attached hydrogens (tertiary/aromatic N) is 4. The number of hydrogen-bond acceptors (Lipinski definition) is 7. The van der Waals surface area contributed by atoms with E-state index in [-0.39, 0.29) is 17.4 Å². The standard InChI is InChI=1S/C21H21N5O2S2/c1-2-26-19(14-8-3-5-9-16(14)27)24-25-21(26)29-12-18(28)23-20-15(11-22)13-7-4-6-10-17(13)30-20/h3,5,8-9,27H,2,4,6-7,10,12H2,1H3,(H,23,28). The number of thioether (sulfide) groups is 1. The molecule has 0 atom stereocenters. The molecule has 4 rings (SSSR count). The molecular weight excluding hydrogens is 418 g/mol. The molecule has 2 N–H and O–H groups in total. The van der Waals surface area contributed by atoms with E-state index in [9.17, 15) is 15.2 Å². The second-order valence-corrected chi connectivity index (χ2v) is 8.98. The highest BCUT2D eigenvalue weighted by Crippen LogP contribution is 2.37. The van der Waals surface area contributed by atoms with Gasteiger partial charge in [-0.2, -0.15) is 5.26 Å². The number of nitrogens with one attached hydrogen (secondary N) is 1. The van der Waals surface area contributed by atoms with E-state index in [1.165, 1.54) is 28.0 Å². The molecule has 3 aromatic rings. The Balaban J connectivity index is 1.47. The Hall–Kier alpha value is -2.83. The van der Waals surface area contributed by atoms with Crippen LogP contribution in [0.2, 0.25) is 0 Å². The molecule has 9 heteroatoms. The number of amides is 1. The van der Waals surface area contributed by atoms with Gasteiger partial charge in [-0.3, -0.25) is 4.79 Å². The molecule has 0 spiro atoms. The van der Waals surface area contributed by atoms with Gasteiger partial charge in [-0.15, -0.1) is 21.5 Å². The van der Waals surface area contributed by atoms with Gasteiger partial charge in [-0.25, -0.2) is 0 Å². The quantitative estimate of drug-likeness (QED) is 0.558. The largest absolute Gasteiger partial charge is 0.507 e. The van der Waals surface area contributed by atoms with Crippen molar-refractivity contribution < 1.29 is 9.90 Å². The number of phenols is 1. The highest BCUT2D eigenvalue weighted by Gasteiger charge is 2.22. The van der Waals surface area contributed by atoms with E-state index < -0.39 is 0 Å². The molecular formula is C21H21N5O2S2. The van der Waals surface area contributed by atoms with Gasteiger partial charge in [0, 0.05) is 11.4 Å². The minimum absolute atomic E-state index is 0.139. The number of aryl methyl sites for hydroxylation is 1. The lowest BCUT2D eigenvalue weighted by Gasteiger charge is -2.09. The van der Waals surface area contributed by atoms with Crippen LogP contribution in [0.25, 0.3) is 11.4 Å². The number of nitriles is 1. The molecule has 1 amide bonds. The van der Waals surface area contributed by atoms with Crippen molar-refractivity contribution in [2.24, 2.45) is 0 Å². The first-order chi connectivity index (χ1) is 14.6. The lowest BCUT2D eigenvalue weighted by atomic mass is 9.96. The van der Waals surface area contributed by atoms with E-state index in [2.05, 4.69) is 21.6 Å². The van der Waals surface area contributed by atoms with Crippen molar-refractivity contribution in [3.63, 3.8) is 0 Å². The van der Waals surface area contributed by atoms with E-state index >= 15 is 0 Å². The molecule has 0 fully saturated rings. The van der Waals surface area contributed by atoms with Gasteiger partial charge in [-0.05, 0) is 50.3 Å². The van der Waals surface area contributed by atoms with Gasteiger partial charge in [0.05, 0.1) is 16.9 Å². The first-order valence-corrected chi connectivity index (χ1v) is 11.6. The Morgan fingerprint density at radius 1 is 1.33 bits per heavy atom. The van der Waals surface area contributed by atoms with Crippen molar-refractivity contribution in [2.45, 2.75) is 44.3 Å². The average molecular weight is 440 g/mol. The lowest BCUT2D eigenvalue weighted by molar-refractivity contribution is -0.113. The summed E-state index contributed by atoms with van der Waals surface area (Å²) in [5.41, 5.74) is 2.33. The van der Waals surface area contributed by atoms with E-state index in [1.54, 1.807) is 18.2 Å². The van der Waals surface area contributed by atoms with Crippen LogP contribution in [0.1, 0.15) is 35.8 Å². The smallest absolute Gasteiger partial charge is 0.235 e. The van der Waals surface area contributed by atoms with Crippen LogP contribution in [-0.2, 0) is 24.2 Å². The highest BCUT2D eigenvalue weighted by atomic mass is 32.2. The van der Waals surface area contributed by atoms with Gasteiger partial charge < -0.3 is 15.0 Å². The fraction of sp³-hybridized carbons (Fsp3) is 0.333. The molecule has 2 heterocycles. The van der Waals surface area contributed by atoms with E-state index in [0.29, 0.717) is 33.7 Å². The van der Waals surface area contributed by atoms with Crippen LogP contribution in [0.4, 0.5) is 5.00 Å². The molecule has 0 aliphatic heterocycles. The Bertz CT molecular complexity index is 1130. The number of carbonyl (C=O) groups excluding carboxylic acids is 1. The van der Waals surface area contributed by atoms with Gasteiger partial charge in [-0.1, -0.05) is 23.9 Å². The summed E-state index contributed by atoms with van der Waals surface area (Å²) < 4.78 is 1.87. The van der Waals surface area contributed by atoms with E-state index in [4.69, 9.17) is 0 Å². The number of carbonyl (C=O) groups is 1. The summed E-state index contributed by atoms with van der Waals surface area (Å²) in [4.78, 5) is 13.8. The summed E-state index contributed by atoms with van der Waals surface area (Å²) in [6, 6.07) is 9.25. The number of rotatable bonds is 6. The highest BCUT2D eigenvalue weighted by molar-refractivity contribution is 7.99. The fourth-order valence-electron chi connectivity index (χ4n) is 3.61. The molecule has 0 radical (unpaired) electrons. The number of para-hydroxylation sites is 1. The topological polar surface area (TPSA) is 104 Å². The van der Waals surface area contributed by atoms with Crippen LogP contribution < -0.4 is 5.32 Å². The van der Waals surface area contributed by atoms with Crippen molar-refractivity contribution in [3.8, 4) is 23.2 Å². The zero-order valence-electron chi connectivity index (χ0n) is 16.5. The molecule has 0 saturated heterocycles. The number of aromatic hydroxyl groups is 1. The van der Waals surface area contributed by atoms with Gasteiger partial charge in [0.25, 0.3) is 0 Å². The molecule has 1 aromatic carbocycles. The van der Waals surface area contributed by atoms with Gasteiger partial charge in [0.1, 0.15) is 16.8 Å². The summed E-state index contributed by atoms with van der Waals surface area (Å²) >= 11 is 2.81. The van der Waals surface area contributed by atoms with Crippen molar-refractivity contribution in [1.29, 1.82) is 5.26 Å². The number of anilines is 1. The number of fused-ring (bicyclic) bond motifs is 1. The minimum Gasteiger partial charge on any atom is -0.507 e. The summed E-state index contributed by atoms with van der Waals surface area (Å²) in [7, 11) is 0. The van der Waals surface area contributed by atoms with Crippen LogP contribution in [0.3, 0.4) is 0 Å². The number of phenolic OH excluding ortho intramolecular Hbond substituents is 1. The third-order valence-corrected chi connectivity index (χ3v) is 7.22. The molecule has 2 aromatic heterocycles. The Kier molecular flexibility index (Phi) is 6.06. The molecule has 154 valence electrons. The maximum Gasteiger partial charge on any atom is 0.235 e. The summed E-state index contributed by atoms with van der Waals surface area (Å²) in [5, 5.41) is 32.3. The van der Waals surface area contributed by atoms with Crippen molar-refractivity contribution >= 4 is 34.0 Å². The van der Waals surface area contributed by atoms with Gasteiger partial charge in [0.15, 0.2) is 11.0 Å². The second kappa shape index (κ2) is 8.90.